The van der Waals surface area contributed by atoms with Crippen LogP contribution in [0.2, 0.25) is 0 Å². The molecule has 6 nitrogen and oxygen atoms in total. The zero-order valence-electron chi connectivity index (χ0n) is 14.4. The van der Waals surface area contributed by atoms with E-state index in [4.69, 9.17) is 0 Å². The number of nitrogens with one attached hydrogen (secondary N) is 1. The van der Waals surface area contributed by atoms with E-state index >= 15 is 0 Å². The van der Waals surface area contributed by atoms with Crippen LogP contribution >= 0.6 is 15.9 Å². The smallest absolute Gasteiger partial charge is 0.256 e. The minimum atomic E-state index is -3.55. The van der Waals surface area contributed by atoms with Crippen LogP contribution in [-0.2, 0) is 10.0 Å². The van der Waals surface area contributed by atoms with E-state index in [2.05, 4.69) is 20.9 Å². The van der Waals surface area contributed by atoms with Crippen molar-refractivity contribution in [3.8, 4) is 0 Å². The predicted octanol–water partition coefficient (Wildman–Crippen LogP) is 3.08. The molecule has 1 aliphatic heterocycles. The molecule has 2 aromatic carbocycles. The zero-order valence-corrected chi connectivity index (χ0v) is 16.8. The molecule has 27 heavy (non-hydrogen) atoms. The van der Waals surface area contributed by atoms with E-state index in [9.17, 15) is 13.2 Å². The van der Waals surface area contributed by atoms with Gasteiger partial charge in [0, 0.05) is 47.8 Å². The van der Waals surface area contributed by atoms with E-state index in [-0.39, 0.29) is 23.9 Å². The van der Waals surface area contributed by atoms with Gasteiger partial charge >= 0.3 is 0 Å². The molecule has 1 amide bonds. The summed E-state index contributed by atoms with van der Waals surface area (Å²) >= 11 is 3.31. The SMILES string of the molecule is O=C(c1c[nH]c2ccccc12)N1CCN(S(=O)(=O)c2ccc(Br)cc2)CC1. The fourth-order valence-corrected chi connectivity index (χ4v) is 4.99. The lowest BCUT2D eigenvalue weighted by Gasteiger charge is -2.34. The fourth-order valence-electron chi connectivity index (χ4n) is 3.31. The molecule has 1 fully saturated rings. The number of piperazine rings is 1. The van der Waals surface area contributed by atoms with Crippen molar-refractivity contribution in [2.45, 2.75) is 4.90 Å². The first-order valence-corrected chi connectivity index (χ1v) is 10.8. The molecule has 3 aromatic rings. The van der Waals surface area contributed by atoms with Crippen molar-refractivity contribution >= 4 is 42.8 Å². The number of para-hydroxylation sites is 1. The predicted molar refractivity (Wildman–Crippen MR) is 107 cm³/mol. The van der Waals surface area contributed by atoms with Crippen LogP contribution in [0.5, 0.6) is 0 Å². The van der Waals surface area contributed by atoms with Crippen molar-refractivity contribution in [3.63, 3.8) is 0 Å². The number of rotatable bonds is 3. The Hall–Kier alpha value is -2.16. The molecule has 0 bridgehead atoms. The number of H-pyrrole nitrogens is 1. The number of carbonyl (C=O) groups excluding carboxylic acids is 1. The van der Waals surface area contributed by atoms with Crippen LogP contribution in [0.15, 0.2) is 64.1 Å². The Morgan fingerprint density at radius 3 is 2.33 bits per heavy atom. The molecule has 8 heteroatoms. The lowest BCUT2D eigenvalue weighted by atomic mass is 10.1. The number of nitrogens with zero attached hydrogens (tertiary/aromatic N) is 2. The van der Waals surface area contributed by atoms with E-state index in [0.717, 1.165) is 15.4 Å². The van der Waals surface area contributed by atoms with Crippen molar-refractivity contribution in [3.05, 3.63) is 64.8 Å². The van der Waals surface area contributed by atoms with Crippen LogP contribution in [0.3, 0.4) is 0 Å². The topological polar surface area (TPSA) is 73.5 Å². The summed E-state index contributed by atoms with van der Waals surface area (Å²) < 4.78 is 27.8. The molecule has 2 heterocycles. The summed E-state index contributed by atoms with van der Waals surface area (Å²) in [5, 5.41) is 0.882. The Labute approximate surface area is 166 Å². The van der Waals surface area contributed by atoms with Crippen molar-refractivity contribution in [1.29, 1.82) is 0 Å². The van der Waals surface area contributed by atoms with Gasteiger partial charge in [0.25, 0.3) is 5.91 Å². The molecule has 0 unspecified atom stereocenters. The summed E-state index contributed by atoms with van der Waals surface area (Å²) in [5.41, 5.74) is 1.53. The van der Waals surface area contributed by atoms with Crippen LogP contribution < -0.4 is 0 Å². The molecule has 4 rings (SSSR count). The molecule has 1 N–H and O–H groups in total. The number of halogens is 1. The van der Waals surface area contributed by atoms with Crippen LogP contribution in [-0.4, -0.2) is 54.7 Å². The van der Waals surface area contributed by atoms with Gasteiger partial charge in [0.05, 0.1) is 10.5 Å². The molecule has 1 saturated heterocycles. The van der Waals surface area contributed by atoms with Gasteiger partial charge in [-0.1, -0.05) is 34.1 Å². The summed E-state index contributed by atoms with van der Waals surface area (Å²) in [6.07, 6.45) is 1.72. The van der Waals surface area contributed by atoms with Gasteiger partial charge < -0.3 is 9.88 Å². The van der Waals surface area contributed by atoms with Gasteiger partial charge in [-0.3, -0.25) is 4.79 Å². The number of benzene rings is 2. The highest BCUT2D eigenvalue weighted by molar-refractivity contribution is 9.10. The number of hydrogen-bond donors (Lipinski definition) is 1. The molecule has 0 aliphatic carbocycles. The molecule has 0 saturated carbocycles. The number of hydrogen-bond acceptors (Lipinski definition) is 3. The number of fused-ring (bicyclic) bond motifs is 1. The second-order valence-electron chi connectivity index (χ2n) is 6.40. The van der Waals surface area contributed by atoms with Crippen LogP contribution in [0.25, 0.3) is 10.9 Å². The van der Waals surface area contributed by atoms with Crippen molar-refractivity contribution < 1.29 is 13.2 Å². The highest BCUT2D eigenvalue weighted by Crippen LogP contribution is 2.23. The van der Waals surface area contributed by atoms with Gasteiger partial charge in [-0.15, -0.1) is 0 Å². The largest absolute Gasteiger partial charge is 0.360 e. The van der Waals surface area contributed by atoms with Gasteiger partial charge in [0.2, 0.25) is 10.0 Å². The van der Waals surface area contributed by atoms with Gasteiger partial charge in [0.1, 0.15) is 0 Å². The molecule has 0 radical (unpaired) electrons. The maximum Gasteiger partial charge on any atom is 0.256 e. The van der Waals surface area contributed by atoms with Gasteiger partial charge in [0.15, 0.2) is 0 Å². The van der Waals surface area contributed by atoms with Gasteiger partial charge in [-0.05, 0) is 30.3 Å². The summed E-state index contributed by atoms with van der Waals surface area (Å²) in [6.45, 7) is 1.31. The number of carbonyl (C=O) groups is 1. The first kappa shape index (κ1) is 18.2. The Morgan fingerprint density at radius 2 is 1.63 bits per heavy atom. The number of aromatic nitrogens is 1. The van der Waals surface area contributed by atoms with E-state index in [1.54, 1.807) is 35.4 Å². The summed E-state index contributed by atoms with van der Waals surface area (Å²) in [5.74, 6) is -0.0758. The monoisotopic (exact) mass is 447 g/mol. The fraction of sp³-hybridized carbons (Fsp3) is 0.211. The number of aromatic amines is 1. The van der Waals surface area contributed by atoms with Crippen molar-refractivity contribution in [1.82, 2.24) is 14.2 Å². The van der Waals surface area contributed by atoms with Crippen LogP contribution in [0, 0.1) is 0 Å². The van der Waals surface area contributed by atoms with Gasteiger partial charge in [-0.2, -0.15) is 4.31 Å². The summed E-state index contributed by atoms with van der Waals surface area (Å²) in [7, 11) is -3.55. The zero-order chi connectivity index (χ0) is 19.0. The minimum Gasteiger partial charge on any atom is -0.360 e. The minimum absolute atomic E-state index is 0.0758. The van der Waals surface area contributed by atoms with Crippen LogP contribution in [0.4, 0.5) is 0 Å². The van der Waals surface area contributed by atoms with Crippen molar-refractivity contribution in [2.24, 2.45) is 0 Å². The molecule has 0 spiro atoms. The maximum atomic E-state index is 12.9. The first-order chi connectivity index (χ1) is 13.0. The summed E-state index contributed by atoms with van der Waals surface area (Å²) in [6, 6.07) is 14.2. The first-order valence-electron chi connectivity index (χ1n) is 8.58. The summed E-state index contributed by atoms with van der Waals surface area (Å²) in [4.78, 5) is 18.0. The standard InChI is InChI=1S/C19H18BrN3O3S/c20-14-5-7-15(8-6-14)27(25,26)23-11-9-22(10-12-23)19(24)17-13-21-18-4-2-1-3-16(17)18/h1-8,13,21H,9-12H2. The lowest BCUT2D eigenvalue weighted by molar-refractivity contribution is 0.0700. The highest BCUT2D eigenvalue weighted by Gasteiger charge is 2.31. The highest BCUT2D eigenvalue weighted by atomic mass is 79.9. The maximum absolute atomic E-state index is 12.9. The van der Waals surface area contributed by atoms with E-state index in [1.807, 2.05) is 24.3 Å². The van der Waals surface area contributed by atoms with Crippen molar-refractivity contribution in [2.75, 3.05) is 26.2 Å². The third kappa shape index (κ3) is 3.40. The molecule has 140 valence electrons. The second-order valence-corrected chi connectivity index (χ2v) is 9.25. The Balaban J connectivity index is 1.48. The molecular formula is C19H18BrN3O3S. The van der Waals surface area contributed by atoms with E-state index in [1.165, 1.54) is 4.31 Å². The molecule has 0 atom stereocenters. The number of amides is 1. The molecular weight excluding hydrogens is 430 g/mol. The van der Waals surface area contributed by atoms with Crippen LogP contribution in [0.1, 0.15) is 10.4 Å². The Morgan fingerprint density at radius 1 is 0.963 bits per heavy atom. The normalized spacial score (nSPS) is 16.0. The number of sulfonamides is 1. The van der Waals surface area contributed by atoms with E-state index < -0.39 is 10.0 Å². The second kappa shape index (κ2) is 7.10. The Bertz CT molecular complexity index is 1080. The molecule has 1 aliphatic rings. The third-order valence-electron chi connectivity index (χ3n) is 4.80. The molecule has 1 aromatic heterocycles. The van der Waals surface area contributed by atoms with Gasteiger partial charge in [-0.25, -0.2) is 8.42 Å². The quantitative estimate of drug-likeness (QED) is 0.670. The lowest BCUT2D eigenvalue weighted by Crippen LogP contribution is -2.50. The average Bonchev–Trinajstić information content (AvgIpc) is 3.12. The Kier molecular flexibility index (Phi) is 4.79. The third-order valence-corrected chi connectivity index (χ3v) is 7.24. The van der Waals surface area contributed by atoms with E-state index in [0.29, 0.717) is 18.7 Å². The average molecular weight is 448 g/mol.